The lowest BCUT2D eigenvalue weighted by atomic mass is 10.2. The number of hydrogen-bond acceptors (Lipinski definition) is 2. The van der Waals surface area contributed by atoms with Gasteiger partial charge in [0.25, 0.3) is 5.91 Å². The van der Waals surface area contributed by atoms with Crippen molar-refractivity contribution >= 4 is 17.5 Å². The van der Waals surface area contributed by atoms with Crippen molar-refractivity contribution in [2.75, 3.05) is 6.54 Å². The second kappa shape index (κ2) is 7.50. The summed E-state index contributed by atoms with van der Waals surface area (Å²) in [6, 6.07) is 14.5. The molecular weight excluding hydrogens is 286 g/mol. The van der Waals surface area contributed by atoms with E-state index in [1.165, 1.54) is 0 Å². The van der Waals surface area contributed by atoms with E-state index in [1.807, 2.05) is 30.3 Å². The van der Waals surface area contributed by atoms with Crippen LogP contribution in [0.1, 0.15) is 15.9 Å². The Kier molecular flexibility index (Phi) is 5.41. The summed E-state index contributed by atoms with van der Waals surface area (Å²) in [4.78, 5) is 12.0. The number of carbonyl (C=O) groups is 1. The van der Waals surface area contributed by atoms with Crippen LogP contribution in [-0.2, 0) is 6.61 Å². The maximum absolute atomic E-state index is 12.0. The summed E-state index contributed by atoms with van der Waals surface area (Å²) in [5, 5.41) is 3.42. The highest BCUT2D eigenvalue weighted by molar-refractivity contribution is 6.30. The molecular formula is C17H16ClNO2. The molecule has 108 valence electrons. The number of amides is 1. The van der Waals surface area contributed by atoms with E-state index in [9.17, 15) is 4.79 Å². The fraction of sp³-hybridized carbons (Fsp3) is 0.118. The normalized spacial score (nSPS) is 9.95. The van der Waals surface area contributed by atoms with E-state index in [-0.39, 0.29) is 5.91 Å². The van der Waals surface area contributed by atoms with Crippen LogP contribution in [0, 0.1) is 0 Å². The van der Waals surface area contributed by atoms with Crippen molar-refractivity contribution < 1.29 is 9.53 Å². The van der Waals surface area contributed by atoms with Crippen LogP contribution in [0.4, 0.5) is 0 Å². The lowest BCUT2D eigenvalue weighted by Gasteiger charge is -2.11. The number of nitrogens with one attached hydrogen (secondary N) is 1. The Morgan fingerprint density at radius 2 is 1.90 bits per heavy atom. The summed E-state index contributed by atoms with van der Waals surface area (Å²) in [6.07, 6.45) is 1.63. The number of carbonyl (C=O) groups excluding carboxylic acids is 1. The van der Waals surface area contributed by atoms with E-state index < -0.39 is 0 Å². The minimum absolute atomic E-state index is 0.179. The highest BCUT2D eigenvalue weighted by atomic mass is 35.5. The average Bonchev–Trinajstić information content (AvgIpc) is 2.52. The molecule has 0 aromatic heterocycles. The van der Waals surface area contributed by atoms with Crippen molar-refractivity contribution in [3.63, 3.8) is 0 Å². The maximum Gasteiger partial charge on any atom is 0.255 e. The zero-order valence-electron chi connectivity index (χ0n) is 11.5. The van der Waals surface area contributed by atoms with Crippen LogP contribution >= 0.6 is 11.6 Å². The molecule has 0 heterocycles. The van der Waals surface area contributed by atoms with Gasteiger partial charge in [-0.2, -0.15) is 0 Å². The van der Waals surface area contributed by atoms with Gasteiger partial charge >= 0.3 is 0 Å². The minimum Gasteiger partial charge on any atom is -0.488 e. The summed E-state index contributed by atoms with van der Waals surface area (Å²) >= 11 is 5.84. The monoisotopic (exact) mass is 301 g/mol. The Labute approximate surface area is 129 Å². The first-order chi connectivity index (χ1) is 10.2. The van der Waals surface area contributed by atoms with E-state index in [0.717, 1.165) is 5.56 Å². The summed E-state index contributed by atoms with van der Waals surface area (Å²) < 4.78 is 5.73. The summed E-state index contributed by atoms with van der Waals surface area (Å²) in [6.45, 7) is 4.37. The van der Waals surface area contributed by atoms with Gasteiger partial charge < -0.3 is 10.1 Å². The number of rotatable bonds is 6. The molecule has 2 rings (SSSR count). The Morgan fingerprint density at radius 3 is 2.62 bits per heavy atom. The summed E-state index contributed by atoms with van der Waals surface area (Å²) in [5.74, 6) is 0.371. The smallest absolute Gasteiger partial charge is 0.255 e. The molecule has 0 radical (unpaired) electrons. The van der Waals surface area contributed by atoms with Crippen LogP contribution in [0.3, 0.4) is 0 Å². The first-order valence-electron chi connectivity index (χ1n) is 6.56. The minimum atomic E-state index is -0.179. The molecule has 4 heteroatoms. The molecule has 0 fully saturated rings. The van der Waals surface area contributed by atoms with Gasteiger partial charge in [0.15, 0.2) is 0 Å². The number of para-hydroxylation sites is 1. The van der Waals surface area contributed by atoms with Crippen molar-refractivity contribution in [3.05, 3.63) is 77.3 Å². The SMILES string of the molecule is C=CCNC(=O)c1ccccc1OCc1ccc(Cl)cc1. The quantitative estimate of drug-likeness (QED) is 0.823. The molecule has 21 heavy (non-hydrogen) atoms. The summed E-state index contributed by atoms with van der Waals surface area (Å²) in [7, 11) is 0. The zero-order valence-corrected chi connectivity index (χ0v) is 12.3. The lowest BCUT2D eigenvalue weighted by molar-refractivity contribution is 0.0953. The maximum atomic E-state index is 12.0. The fourth-order valence-corrected chi connectivity index (χ4v) is 1.91. The summed E-state index contributed by atoms with van der Waals surface area (Å²) in [5.41, 5.74) is 1.49. The van der Waals surface area contributed by atoms with Crippen LogP contribution in [0.15, 0.2) is 61.2 Å². The third-order valence-electron chi connectivity index (χ3n) is 2.85. The molecule has 3 nitrogen and oxygen atoms in total. The fourth-order valence-electron chi connectivity index (χ4n) is 1.78. The van der Waals surface area contributed by atoms with Crippen LogP contribution in [0.2, 0.25) is 5.02 Å². The Balaban J connectivity index is 2.07. The molecule has 0 aliphatic heterocycles. The van der Waals surface area contributed by atoms with Gasteiger partial charge in [-0.1, -0.05) is 41.9 Å². The van der Waals surface area contributed by atoms with E-state index in [4.69, 9.17) is 16.3 Å². The van der Waals surface area contributed by atoms with Gasteiger partial charge in [0, 0.05) is 11.6 Å². The molecule has 0 aliphatic rings. The largest absolute Gasteiger partial charge is 0.488 e. The first kappa shape index (κ1) is 15.1. The van der Waals surface area contributed by atoms with Crippen LogP contribution in [0.5, 0.6) is 5.75 Å². The molecule has 0 unspecified atom stereocenters. The third kappa shape index (κ3) is 4.36. The van der Waals surface area contributed by atoms with Gasteiger partial charge in [-0.05, 0) is 29.8 Å². The second-order valence-electron chi connectivity index (χ2n) is 4.41. The lowest BCUT2D eigenvalue weighted by Crippen LogP contribution is -2.23. The number of ether oxygens (including phenoxy) is 1. The molecule has 1 amide bonds. The molecule has 0 atom stereocenters. The molecule has 0 bridgehead atoms. The van der Waals surface area contributed by atoms with E-state index in [2.05, 4.69) is 11.9 Å². The zero-order chi connectivity index (χ0) is 15.1. The van der Waals surface area contributed by atoms with E-state index in [1.54, 1.807) is 24.3 Å². The van der Waals surface area contributed by atoms with E-state index >= 15 is 0 Å². The van der Waals surface area contributed by atoms with Gasteiger partial charge in [-0.15, -0.1) is 6.58 Å². The third-order valence-corrected chi connectivity index (χ3v) is 3.10. The van der Waals surface area contributed by atoms with Crippen LogP contribution in [0.25, 0.3) is 0 Å². The van der Waals surface area contributed by atoms with Crippen molar-refractivity contribution in [3.8, 4) is 5.75 Å². The average molecular weight is 302 g/mol. The van der Waals surface area contributed by atoms with Crippen LogP contribution in [-0.4, -0.2) is 12.5 Å². The second-order valence-corrected chi connectivity index (χ2v) is 4.85. The molecule has 0 saturated carbocycles. The number of benzene rings is 2. The van der Waals surface area contributed by atoms with Crippen molar-refractivity contribution in [2.45, 2.75) is 6.61 Å². The molecule has 2 aromatic carbocycles. The molecule has 0 saturated heterocycles. The molecule has 1 N–H and O–H groups in total. The van der Waals surface area contributed by atoms with Gasteiger partial charge in [0.1, 0.15) is 12.4 Å². The van der Waals surface area contributed by atoms with Crippen molar-refractivity contribution in [2.24, 2.45) is 0 Å². The number of halogens is 1. The Bertz CT molecular complexity index is 623. The van der Waals surface area contributed by atoms with Gasteiger partial charge in [-0.3, -0.25) is 4.79 Å². The van der Waals surface area contributed by atoms with Crippen LogP contribution < -0.4 is 10.1 Å². The predicted molar refractivity (Wildman–Crippen MR) is 84.8 cm³/mol. The highest BCUT2D eigenvalue weighted by Crippen LogP contribution is 2.20. The van der Waals surface area contributed by atoms with E-state index in [0.29, 0.717) is 29.5 Å². The first-order valence-corrected chi connectivity index (χ1v) is 6.94. The van der Waals surface area contributed by atoms with Gasteiger partial charge in [0.05, 0.1) is 5.56 Å². The Morgan fingerprint density at radius 1 is 1.19 bits per heavy atom. The Hall–Kier alpha value is -2.26. The van der Waals surface area contributed by atoms with Crippen molar-refractivity contribution in [1.82, 2.24) is 5.32 Å². The predicted octanol–water partition coefficient (Wildman–Crippen LogP) is 3.83. The topological polar surface area (TPSA) is 38.3 Å². The molecule has 2 aromatic rings. The molecule has 0 aliphatic carbocycles. The highest BCUT2D eigenvalue weighted by Gasteiger charge is 2.11. The van der Waals surface area contributed by atoms with Gasteiger partial charge in [0.2, 0.25) is 0 Å². The van der Waals surface area contributed by atoms with Crippen molar-refractivity contribution in [1.29, 1.82) is 0 Å². The standard InChI is InChI=1S/C17H16ClNO2/c1-2-11-19-17(20)15-5-3-4-6-16(15)21-12-13-7-9-14(18)10-8-13/h2-10H,1,11-12H2,(H,19,20). The number of hydrogen-bond donors (Lipinski definition) is 1. The van der Waals surface area contributed by atoms with Gasteiger partial charge in [-0.25, -0.2) is 0 Å². The molecule has 0 spiro atoms.